The van der Waals surface area contributed by atoms with Crippen molar-refractivity contribution in [2.75, 3.05) is 65.0 Å². The standard InChI is InChI=1S/C54H65N11O7/c1-35-30-39(62-27-24-53(5,32-62)36-12-8-6-9-13-36)31-65-48(35)60-47(61-65)50(70)64-29-26-54(34-64)25-28-63(33-54)42-22-20-40(46(58-42)51(71)72-52(2,3)4)57-44(67)15-11-7-10-14-43(66)56-38-18-16-37(17-19-38)55-41-21-23-45(68)59-49(41)69/h6,8-9,12-13,16-20,22,30-31,41,55H,7,10-11,14-15,21,23-29,32-34H2,1-5H3,(H,56,66)(H,57,67)(H,59,68,69)/t41?,53-,54+/m0/s1. The Morgan fingerprint density at radius 3 is 2.25 bits per heavy atom. The number of esters is 1. The van der Waals surface area contributed by atoms with Gasteiger partial charge >= 0.3 is 5.97 Å². The van der Waals surface area contributed by atoms with Crippen molar-refractivity contribution < 1.29 is 33.5 Å². The van der Waals surface area contributed by atoms with E-state index in [4.69, 9.17) is 19.8 Å². The quantitative estimate of drug-likeness (QED) is 0.0472. The van der Waals surface area contributed by atoms with Crippen molar-refractivity contribution in [2.24, 2.45) is 5.41 Å². The van der Waals surface area contributed by atoms with Crippen LogP contribution in [0.1, 0.15) is 124 Å². The van der Waals surface area contributed by atoms with Crippen molar-refractivity contribution >= 4 is 69.7 Å². The van der Waals surface area contributed by atoms with E-state index in [1.807, 2.05) is 24.1 Å². The maximum Gasteiger partial charge on any atom is 0.359 e. The summed E-state index contributed by atoms with van der Waals surface area (Å²) in [4.78, 5) is 93.0. The van der Waals surface area contributed by atoms with Gasteiger partial charge in [-0.2, -0.15) is 0 Å². The second-order valence-electron chi connectivity index (χ2n) is 21.3. The van der Waals surface area contributed by atoms with Crippen molar-refractivity contribution in [1.29, 1.82) is 0 Å². The van der Waals surface area contributed by atoms with Gasteiger partial charge in [-0.25, -0.2) is 19.3 Å². The minimum atomic E-state index is -0.798. The predicted octanol–water partition coefficient (Wildman–Crippen LogP) is 7.04. The normalized spacial score (nSPS) is 21.1. The van der Waals surface area contributed by atoms with E-state index < -0.39 is 17.6 Å². The molecule has 9 rings (SSSR count). The van der Waals surface area contributed by atoms with Gasteiger partial charge in [0.05, 0.1) is 17.6 Å². The lowest BCUT2D eigenvalue weighted by Gasteiger charge is -2.26. The topological polar surface area (TPSA) is 213 Å². The molecule has 5 aromatic rings. The highest BCUT2D eigenvalue weighted by molar-refractivity contribution is 6.02. The number of nitrogens with zero attached hydrogens (tertiary/aromatic N) is 7. The summed E-state index contributed by atoms with van der Waals surface area (Å²) >= 11 is 0. The van der Waals surface area contributed by atoms with Crippen molar-refractivity contribution in [3.05, 3.63) is 102 Å². The van der Waals surface area contributed by atoms with Crippen LogP contribution in [0.4, 0.5) is 28.6 Å². The molecular weight excluding hydrogens is 915 g/mol. The Balaban J connectivity index is 0.763. The third kappa shape index (κ3) is 11.4. The summed E-state index contributed by atoms with van der Waals surface area (Å²) in [7, 11) is 0. The number of anilines is 5. The number of ether oxygens (including phenoxy) is 1. The van der Waals surface area contributed by atoms with E-state index in [9.17, 15) is 28.8 Å². The molecule has 1 spiro atoms. The van der Waals surface area contributed by atoms with Gasteiger partial charge in [0.15, 0.2) is 11.3 Å². The zero-order valence-electron chi connectivity index (χ0n) is 41.9. The minimum absolute atomic E-state index is 0.0164. The van der Waals surface area contributed by atoms with Crippen LogP contribution >= 0.6 is 0 Å². The molecule has 378 valence electrons. The van der Waals surface area contributed by atoms with E-state index in [2.05, 4.69) is 74.4 Å². The largest absolute Gasteiger partial charge is 0.455 e. The van der Waals surface area contributed by atoms with Gasteiger partial charge in [-0.3, -0.25) is 29.3 Å². The van der Waals surface area contributed by atoms with Crippen molar-refractivity contribution in [3.8, 4) is 0 Å². The van der Waals surface area contributed by atoms with Gasteiger partial charge in [-0.05, 0) is 120 Å². The minimum Gasteiger partial charge on any atom is -0.455 e. The maximum absolute atomic E-state index is 14.0. The summed E-state index contributed by atoms with van der Waals surface area (Å²) in [5.74, 6) is -1.13. The van der Waals surface area contributed by atoms with Gasteiger partial charge in [-0.1, -0.05) is 43.7 Å². The number of imide groups is 1. The summed E-state index contributed by atoms with van der Waals surface area (Å²) in [6, 6.07) is 22.8. The van der Waals surface area contributed by atoms with Gasteiger partial charge in [0.2, 0.25) is 29.5 Å². The molecule has 0 radical (unpaired) electrons. The van der Waals surface area contributed by atoms with Crippen LogP contribution in [0.2, 0.25) is 0 Å². The van der Waals surface area contributed by atoms with Gasteiger partial charge in [0, 0.05) is 80.7 Å². The fourth-order valence-corrected chi connectivity index (χ4v) is 10.4. The molecule has 0 bridgehead atoms. The second kappa shape index (κ2) is 20.4. The Labute approximate surface area is 419 Å². The molecular formula is C54H65N11O7. The lowest BCUT2D eigenvalue weighted by molar-refractivity contribution is -0.133. The number of carbonyl (C=O) groups is 6. The zero-order chi connectivity index (χ0) is 50.8. The number of piperidine rings is 1. The lowest BCUT2D eigenvalue weighted by Crippen LogP contribution is -2.47. The van der Waals surface area contributed by atoms with Crippen molar-refractivity contribution in [1.82, 2.24) is 29.8 Å². The number of rotatable bonds is 15. The van der Waals surface area contributed by atoms with Crippen LogP contribution in [0.15, 0.2) is 79.0 Å². The van der Waals surface area contributed by atoms with Crippen LogP contribution in [-0.2, 0) is 29.3 Å². The number of likely N-dealkylation sites (tertiary alicyclic amines) is 1. The molecule has 5 amide bonds. The summed E-state index contributed by atoms with van der Waals surface area (Å²) in [5.41, 5.74) is 4.68. The number of hydrogen-bond acceptors (Lipinski definition) is 13. The highest BCUT2D eigenvalue weighted by Crippen LogP contribution is 2.42. The Bertz CT molecular complexity index is 2880. The molecule has 1 unspecified atom stereocenters. The second-order valence-corrected chi connectivity index (χ2v) is 21.3. The van der Waals surface area contributed by atoms with E-state index in [-0.39, 0.29) is 76.8 Å². The molecule has 3 aromatic heterocycles. The molecule has 18 nitrogen and oxygen atoms in total. The monoisotopic (exact) mass is 980 g/mol. The lowest BCUT2D eigenvalue weighted by atomic mass is 9.82. The first-order chi connectivity index (χ1) is 34.4. The van der Waals surface area contributed by atoms with Crippen LogP contribution in [0.3, 0.4) is 0 Å². The fraction of sp³-hybridized carbons (Fsp3) is 0.463. The first kappa shape index (κ1) is 49.6. The average Bonchev–Trinajstić information content (AvgIpc) is 4.17. The number of amides is 5. The number of pyridine rings is 2. The average molecular weight is 980 g/mol. The summed E-state index contributed by atoms with van der Waals surface area (Å²) in [5, 5.41) is 15.9. The van der Waals surface area contributed by atoms with E-state index in [1.54, 1.807) is 55.6 Å². The van der Waals surface area contributed by atoms with Gasteiger partial charge in [0.25, 0.3) is 5.91 Å². The molecule has 0 saturated carbocycles. The van der Waals surface area contributed by atoms with E-state index in [0.717, 1.165) is 43.6 Å². The summed E-state index contributed by atoms with van der Waals surface area (Å²) < 4.78 is 7.50. The molecule has 3 atom stereocenters. The molecule has 2 aromatic carbocycles. The number of unbranched alkanes of at least 4 members (excludes halogenated alkanes) is 2. The number of aryl methyl sites for hydroxylation is 1. The third-order valence-electron chi connectivity index (χ3n) is 14.4. The molecule has 4 fully saturated rings. The summed E-state index contributed by atoms with van der Waals surface area (Å²) in [6.45, 7) is 13.9. The molecule has 72 heavy (non-hydrogen) atoms. The molecule has 18 heteroatoms. The first-order valence-electron chi connectivity index (χ1n) is 25.2. The van der Waals surface area contributed by atoms with E-state index in [0.29, 0.717) is 74.7 Å². The zero-order valence-corrected chi connectivity index (χ0v) is 41.9. The van der Waals surface area contributed by atoms with Crippen LogP contribution in [0.5, 0.6) is 0 Å². The Hall–Kier alpha value is -7.37. The van der Waals surface area contributed by atoms with Crippen LogP contribution < -0.4 is 31.1 Å². The number of nitrogens with one attached hydrogen (secondary N) is 4. The van der Waals surface area contributed by atoms with Crippen LogP contribution in [-0.4, -0.2) is 111 Å². The van der Waals surface area contributed by atoms with Crippen LogP contribution in [0.25, 0.3) is 5.65 Å². The predicted molar refractivity (Wildman–Crippen MR) is 274 cm³/mol. The molecule has 4 N–H and O–H groups in total. The molecule has 4 saturated heterocycles. The third-order valence-corrected chi connectivity index (χ3v) is 14.4. The smallest absolute Gasteiger partial charge is 0.359 e. The van der Waals surface area contributed by atoms with Crippen molar-refractivity contribution in [3.63, 3.8) is 0 Å². The number of aromatic nitrogens is 4. The molecule has 0 aliphatic carbocycles. The number of carbonyl (C=O) groups excluding carboxylic acids is 6. The summed E-state index contributed by atoms with van der Waals surface area (Å²) in [6.07, 6.45) is 7.55. The number of hydrogen-bond donors (Lipinski definition) is 4. The molecule has 4 aliphatic rings. The number of fused-ring (bicyclic) bond motifs is 1. The highest BCUT2D eigenvalue weighted by atomic mass is 16.6. The fourth-order valence-electron chi connectivity index (χ4n) is 10.4. The molecule has 4 aliphatic heterocycles. The maximum atomic E-state index is 14.0. The molecule has 7 heterocycles. The number of benzene rings is 2. The van der Waals surface area contributed by atoms with Crippen molar-refractivity contribution in [2.45, 2.75) is 116 Å². The van der Waals surface area contributed by atoms with Gasteiger partial charge in [0.1, 0.15) is 17.5 Å². The SMILES string of the molecule is Cc1cc(N2CC[C@](C)(c3ccccc3)C2)cn2nc(C(=O)N3CC[C@@]4(CCN(c5ccc(NC(=O)CCCCCC(=O)Nc6ccc(NC7CCC(=O)NC7=O)cc6)c(C(=O)OC(C)(C)C)n5)C4)C3)nc12. The van der Waals surface area contributed by atoms with Gasteiger partial charge in [-0.15, -0.1) is 5.10 Å². The van der Waals surface area contributed by atoms with Crippen LogP contribution in [0, 0.1) is 12.3 Å². The Morgan fingerprint density at radius 1 is 0.806 bits per heavy atom. The van der Waals surface area contributed by atoms with E-state index in [1.165, 1.54) is 5.56 Å². The van der Waals surface area contributed by atoms with E-state index >= 15 is 0 Å². The van der Waals surface area contributed by atoms with Gasteiger partial charge < -0.3 is 35.4 Å². The Kier molecular flexibility index (Phi) is 14.0. The highest BCUT2D eigenvalue weighted by Gasteiger charge is 2.46. The Morgan fingerprint density at radius 2 is 1.51 bits per heavy atom. The first-order valence-corrected chi connectivity index (χ1v) is 25.2.